The summed E-state index contributed by atoms with van der Waals surface area (Å²) in [6.45, 7) is 7.38. The second kappa shape index (κ2) is 10.3. The molecule has 0 aliphatic carbocycles. The van der Waals surface area contributed by atoms with Crippen molar-refractivity contribution in [2.75, 3.05) is 34.8 Å². The first-order chi connectivity index (χ1) is 17.8. The van der Waals surface area contributed by atoms with Gasteiger partial charge in [0.05, 0.1) is 12.5 Å². The number of hydrogen-bond donors (Lipinski definition) is 1. The van der Waals surface area contributed by atoms with Crippen LogP contribution in [0.1, 0.15) is 41.8 Å². The summed E-state index contributed by atoms with van der Waals surface area (Å²) in [7, 11) is 0. The van der Waals surface area contributed by atoms with Crippen LogP contribution in [0.3, 0.4) is 0 Å². The summed E-state index contributed by atoms with van der Waals surface area (Å²) in [4.78, 5) is 41.6. The molecule has 0 spiro atoms. The average Bonchev–Trinajstić information content (AvgIpc) is 3.60. The average molecular weight is 520 g/mol. The van der Waals surface area contributed by atoms with Crippen molar-refractivity contribution in [3.63, 3.8) is 0 Å². The molecule has 0 bridgehead atoms. The highest BCUT2D eigenvalue weighted by molar-refractivity contribution is 7.15. The molecule has 9 nitrogen and oxygen atoms in total. The van der Waals surface area contributed by atoms with E-state index in [2.05, 4.69) is 15.5 Å². The summed E-state index contributed by atoms with van der Waals surface area (Å²) >= 11 is 1.28. The van der Waals surface area contributed by atoms with Crippen LogP contribution in [0.25, 0.3) is 0 Å². The summed E-state index contributed by atoms with van der Waals surface area (Å²) in [5, 5.41) is 12.3. The molecule has 10 heteroatoms. The van der Waals surface area contributed by atoms with Gasteiger partial charge in [-0.3, -0.25) is 14.4 Å². The summed E-state index contributed by atoms with van der Waals surface area (Å²) in [6, 6.07) is 13.3. The SMILES string of the molecule is CCOc1ccc(N2CC(C(=O)Nc3nnc(C4CC(=O)N(c5ccc(C)c(C)c5)C4)s3)CC2=O)cc1. The van der Waals surface area contributed by atoms with Gasteiger partial charge in [-0.15, -0.1) is 10.2 Å². The Hall–Kier alpha value is -3.79. The Morgan fingerprint density at radius 1 is 0.973 bits per heavy atom. The Kier molecular flexibility index (Phi) is 6.92. The van der Waals surface area contributed by atoms with Crippen molar-refractivity contribution < 1.29 is 19.1 Å². The van der Waals surface area contributed by atoms with Crippen LogP contribution < -0.4 is 19.9 Å². The molecule has 3 heterocycles. The van der Waals surface area contributed by atoms with Crippen LogP contribution in [0.4, 0.5) is 16.5 Å². The lowest BCUT2D eigenvalue weighted by molar-refractivity contribution is -0.122. The molecule has 37 heavy (non-hydrogen) atoms. The smallest absolute Gasteiger partial charge is 0.231 e. The summed E-state index contributed by atoms with van der Waals surface area (Å²) in [6.07, 6.45) is 0.483. The zero-order chi connectivity index (χ0) is 26.1. The Morgan fingerprint density at radius 2 is 1.68 bits per heavy atom. The third kappa shape index (κ3) is 5.20. The third-order valence-electron chi connectivity index (χ3n) is 6.90. The van der Waals surface area contributed by atoms with E-state index < -0.39 is 5.92 Å². The predicted molar refractivity (Wildman–Crippen MR) is 142 cm³/mol. The topological polar surface area (TPSA) is 105 Å². The van der Waals surface area contributed by atoms with Crippen LogP contribution >= 0.6 is 11.3 Å². The van der Waals surface area contributed by atoms with E-state index in [-0.39, 0.29) is 30.1 Å². The lowest BCUT2D eigenvalue weighted by Gasteiger charge is -2.17. The molecule has 192 valence electrons. The lowest BCUT2D eigenvalue weighted by Crippen LogP contribution is -2.28. The van der Waals surface area contributed by atoms with Gasteiger partial charge in [0.2, 0.25) is 22.9 Å². The first-order valence-electron chi connectivity index (χ1n) is 12.4. The molecule has 3 aromatic rings. The monoisotopic (exact) mass is 519 g/mol. The molecule has 2 aliphatic rings. The van der Waals surface area contributed by atoms with Crippen molar-refractivity contribution in [2.24, 2.45) is 5.92 Å². The van der Waals surface area contributed by atoms with Crippen molar-refractivity contribution >= 4 is 45.6 Å². The van der Waals surface area contributed by atoms with Gasteiger partial charge in [-0.2, -0.15) is 0 Å². The number of aromatic nitrogens is 2. The van der Waals surface area contributed by atoms with Gasteiger partial charge in [-0.05, 0) is 68.3 Å². The fraction of sp³-hybridized carbons (Fsp3) is 0.370. The molecule has 1 N–H and O–H groups in total. The van der Waals surface area contributed by atoms with Gasteiger partial charge in [0.25, 0.3) is 0 Å². The van der Waals surface area contributed by atoms with Crippen LogP contribution in [0.15, 0.2) is 42.5 Å². The maximum Gasteiger partial charge on any atom is 0.231 e. The van der Waals surface area contributed by atoms with Crippen molar-refractivity contribution in [3.8, 4) is 5.75 Å². The van der Waals surface area contributed by atoms with Gasteiger partial charge in [-0.1, -0.05) is 17.4 Å². The molecule has 2 fully saturated rings. The lowest BCUT2D eigenvalue weighted by atomic mass is 10.1. The largest absolute Gasteiger partial charge is 0.494 e. The van der Waals surface area contributed by atoms with E-state index in [0.29, 0.717) is 36.3 Å². The molecule has 5 rings (SSSR count). The molecule has 0 radical (unpaired) electrons. The molecular formula is C27H29N5O4S. The number of anilines is 3. The zero-order valence-electron chi connectivity index (χ0n) is 21.1. The van der Waals surface area contributed by atoms with Crippen LogP contribution in [0.5, 0.6) is 5.75 Å². The molecule has 2 unspecified atom stereocenters. The number of amides is 3. The van der Waals surface area contributed by atoms with Gasteiger partial charge in [0.1, 0.15) is 10.8 Å². The van der Waals surface area contributed by atoms with E-state index in [9.17, 15) is 14.4 Å². The molecule has 0 saturated carbocycles. The van der Waals surface area contributed by atoms with Crippen LogP contribution in [-0.2, 0) is 14.4 Å². The first-order valence-corrected chi connectivity index (χ1v) is 13.2. The van der Waals surface area contributed by atoms with E-state index >= 15 is 0 Å². The molecule has 2 atom stereocenters. The van der Waals surface area contributed by atoms with E-state index in [1.54, 1.807) is 9.80 Å². The Morgan fingerprint density at radius 3 is 2.41 bits per heavy atom. The van der Waals surface area contributed by atoms with Crippen LogP contribution in [0.2, 0.25) is 0 Å². The van der Waals surface area contributed by atoms with E-state index in [0.717, 1.165) is 22.7 Å². The zero-order valence-corrected chi connectivity index (χ0v) is 21.9. The van der Waals surface area contributed by atoms with Gasteiger partial charge < -0.3 is 19.9 Å². The van der Waals surface area contributed by atoms with E-state index in [1.807, 2.05) is 63.2 Å². The van der Waals surface area contributed by atoms with Crippen molar-refractivity contribution in [1.82, 2.24) is 10.2 Å². The predicted octanol–water partition coefficient (Wildman–Crippen LogP) is 4.07. The van der Waals surface area contributed by atoms with Gasteiger partial charge in [0, 0.05) is 43.2 Å². The fourth-order valence-corrected chi connectivity index (χ4v) is 5.53. The Bertz CT molecular complexity index is 1340. The summed E-state index contributed by atoms with van der Waals surface area (Å²) in [5.41, 5.74) is 3.95. The summed E-state index contributed by atoms with van der Waals surface area (Å²) in [5.74, 6) is -0.143. The van der Waals surface area contributed by atoms with Crippen LogP contribution in [-0.4, -0.2) is 47.6 Å². The van der Waals surface area contributed by atoms with Crippen molar-refractivity contribution in [2.45, 2.75) is 39.5 Å². The minimum Gasteiger partial charge on any atom is -0.494 e. The molecule has 2 aliphatic heterocycles. The number of rotatable bonds is 7. The second-order valence-electron chi connectivity index (χ2n) is 9.44. The fourth-order valence-electron chi connectivity index (χ4n) is 4.70. The Labute approximate surface area is 219 Å². The molecule has 2 saturated heterocycles. The third-order valence-corrected chi connectivity index (χ3v) is 7.90. The number of carbonyl (C=O) groups excluding carboxylic acids is 3. The highest BCUT2D eigenvalue weighted by Crippen LogP contribution is 2.35. The quantitative estimate of drug-likeness (QED) is 0.505. The van der Waals surface area contributed by atoms with E-state index in [1.165, 1.54) is 16.9 Å². The highest BCUT2D eigenvalue weighted by atomic mass is 32.1. The van der Waals surface area contributed by atoms with Gasteiger partial charge in [-0.25, -0.2) is 0 Å². The summed E-state index contributed by atoms with van der Waals surface area (Å²) < 4.78 is 5.46. The number of carbonyl (C=O) groups is 3. The Balaban J connectivity index is 1.20. The van der Waals surface area contributed by atoms with Crippen LogP contribution in [0, 0.1) is 19.8 Å². The number of benzene rings is 2. The van der Waals surface area contributed by atoms with Crippen molar-refractivity contribution in [3.05, 3.63) is 58.6 Å². The van der Waals surface area contributed by atoms with Gasteiger partial charge >= 0.3 is 0 Å². The maximum absolute atomic E-state index is 12.9. The number of ether oxygens (including phenoxy) is 1. The van der Waals surface area contributed by atoms with Gasteiger partial charge in [0.15, 0.2) is 0 Å². The minimum atomic E-state index is -0.486. The molecule has 3 amide bonds. The molecule has 1 aromatic heterocycles. The second-order valence-corrected chi connectivity index (χ2v) is 10.5. The number of aryl methyl sites for hydroxylation is 2. The number of hydrogen-bond acceptors (Lipinski definition) is 7. The number of nitrogens with one attached hydrogen (secondary N) is 1. The van der Waals surface area contributed by atoms with Crippen molar-refractivity contribution in [1.29, 1.82) is 0 Å². The number of nitrogens with zero attached hydrogens (tertiary/aromatic N) is 4. The van der Waals surface area contributed by atoms with E-state index in [4.69, 9.17) is 4.74 Å². The molecule has 2 aromatic carbocycles. The highest BCUT2D eigenvalue weighted by Gasteiger charge is 2.37. The standard InChI is InChI=1S/C27H29N5O4S/c1-4-36-22-9-7-20(8-10-22)31-14-18(12-23(31)33)25(35)28-27-30-29-26(37-27)19-13-24(34)32(15-19)21-6-5-16(2)17(3)11-21/h5-11,18-19H,4,12-15H2,1-3H3,(H,28,30,35). The maximum atomic E-state index is 12.9. The first kappa shape index (κ1) is 24.9. The minimum absolute atomic E-state index is 0.0490. The normalized spacial score (nSPS) is 19.5. The molecular weight excluding hydrogens is 490 g/mol.